The van der Waals surface area contributed by atoms with Gasteiger partial charge in [-0.3, -0.25) is 0 Å². The topological polar surface area (TPSA) is 44.5 Å². The fraction of sp³-hybridized carbons (Fsp3) is 0.500. The van der Waals surface area contributed by atoms with Gasteiger partial charge < -0.3 is 15.2 Å². The Morgan fingerprint density at radius 1 is 1.40 bits per heavy atom. The average Bonchev–Trinajstić information content (AvgIpc) is 2.74. The van der Waals surface area contributed by atoms with Crippen molar-refractivity contribution in [3.05, 3.63) is 23.8 Å². The van der Waals surface area contributed by atoms with Crippen molar-refractivity contribution in [2.75, 3.05) is 6.79 Å². The second-order valence-corrected chi connectivity index (χ2v) is 3.99. The molecule has 0 radical (unpaired) electrons. The maximum atomic E-state index is 6.19. The molecule has 82 valence electrons. The highest BCUT2D eigenvalue weighted by Gasteiger charge is 2.23. The predicted octanol–water partition coefficient (Wildman–Crippen LogP) is 2.46. The monoisotopic (exact) mass is 207 g/mol. The lowest BCUT2D eigenvalue weighted by atomic mass is 9.92. The van der Waals surface area contributed by atoms with E-state index in [-0.39, 0.29) is 6.04 Å². The van der Waals surface area contributed by atoms with Crippen molar-refractivity contribution in [3.63, 3.8) is 0 Å². The molecule has 15 heavy (non-hydrogen) atoms. The second-order valence-electron chi connectivity index (χ2n) is 3.99. The van der Waals surface area contributed by atoms with Gasteiger partial charge in [-0.25, -0.2) is 0 Å². The highest BCUT2D eigenvalue weighted by Crippen LogP contribution is 2.39. The van der Waals surface area contributed by atoms with Gasteiger partial charge in [-0.05, 0) is 12.0 Å². The maximum Gasteiger partial charge on any atom is 0.231 e. The summed E-state index contributed by atoms with van der Waals surface area (Å²) in [4.78, 5) is 0. The average molecular weight is 207 g/mol. The summed E-state index contributed by atoms with van der Waals surface area (Å²) in [6.07, 6.45) is 1.06. The van der Waals surface area contributed by atoms with Gasteiger partial charge in [0.05, 0.1) is 0 Å². The molecular weight excluding hydrogens is 190 g/mol. The molecule has 1 aliphatic rings. The normalized spacial score (nSPS) is 17.5. The minimum absolute atomic E-state index is 0.0200. The predicted molar refractivity (Wildman–Crippen MR) is 58.9 cm³/mol. The number of para-hydroxylation sites is 1. The molecular formula is C12H17NO2. The number of ether oxygens (including phenoxy) is 2. The number of fused-ring (bicyclic) bond motifs is 1. The summed E-state index contributed by atoms with van der Waals surface area (Å²) in [5.41, 5.74) is 7.24. The summed E-state index contributed by atoms with van der Waals surface area (Å²) in [6, 6.07) is 5.91. The van der Waals surface area contributed by atoms with Crippen LogP contribution in [0.4, 0.5) is 0 Å². The fourth-order valence-corrected chi connectivity index (χ4v) is 1.78. The third kappa shape index (κ3) is 1.79. The summed E-state index contributed by atoms with van der Waals surface area (Å²) < 4.78 is 10.8. The summed E-state index contributed by atoms with van der Waals surface area (Å²) in [5, 5.41) is 0. The Morgan fingerprint density at radius 3 is 2.93 bits per heavy atom. The van der Waals surface area contributed by atoms with Crippen molar-refractivity contribution < 1.29 is 9.47 Å². The van der Waals surface area contributed by atoms with Gasteiger partial charge in [-0.2, -0.15) is 0 Å². The first-order valence-electron chi connectivity index (χ1n) is 5.38. The van der Waals surface area contributed by atoms with Gasteiger partial charge in [0, 0.05) is 11.6 Å². The quantitative estimate of drug-likeness (QED) is 0.828. The van der Waals surface area contributed by atoms with Gasteiger partial charge in [0.25, 0.3) is 0 Å². The summed E-state index contributed by atoms with van der Waals surface area (Å²) in [6.45, 7) is 4.60. The van der Waals surface area contributed by atoms with E-state index in [0.29, 0.717) is 12.7 Å². The van der Waals surface area contributed by atoms with Crippen LogP contribution in [0.2, 0.25) is 0 Å². The van der Waals surface area contributed by atoms with Crippen LogP contribution < -0.4 is 15.2 Å². The molecule has 0 aromatic heterocycles. The second kappa shape index (κ2) is 4.11. The van der Waals surface area contributed by atoms with Crippen molar-refractivity contribution in [1.82, 2.24) is 0 Å². The van der Waals surface area contributed by atoms with Gasteiger partial charge in [0.15, 0.2) is 11.5 Å². The summed E-state index contributed by atoms with van der Waals surface area (Å²) in [5.74, 6) is 2.08. The van der Waals surface area contributed by atoms with Crippen LogP contribution in [0.1, 0.15) is 31.9 Å². The molecule has 2 atom stereocenters. The fourth-order valence-electron chi connectivity index (χ4n) is 1.78. The zero-order chi connectivity index (χ0) is 10.8. The van der Waals surface area contributed by atoms with Crippen molar-refractivity contribution in [3.8, 4) is 11.5 Å². The lowest BCUT2D eigenvalue weighted by molar-refractivity contribution is 0.172. The smallest absolute Gasteiger partial charge is 0.231 e. The number of hydrogen-bond donors (Lipinski definition) is 1. The zero-order valence-corrected chi connectivity index (χ0v) is 9.19. The van der Waals surface area contributed by atoms with Crippen molar-refractivity contribution >= 4 is 0 Å². The highest BCUT2D eigenvalue weighted by atomic mass is 16.7. The van der Waals surface area contributed by atoms with E-state index in [1.54, 1.807) is 0 Å². The van der Waals surface area contributed by atoms with Crippen LogP contribution in [0, 0.1) is 5.92 Å². The first-order valence-corrected chi connectivity index (χ1v) is 5.38. The standard InChI is InChI=1S/C12H17NO2/c1-3-8(2)11(13)9-5-4-6-10-12(9)15-7-14-10/h4-6,8,11H,3,7,13H2,1-2H3/t8?,11-/m0/s1. The summed E-state index contributed by atoms with van der Waals surface area (Å²) in [7, 11) is 0. The van der Waals surface area contributed by atoms with Crippen molar-refractivity contribution in [1.29, 1.82) is 0 Å². The Morgan fingerprint density at radius 2 is 2.20 bits per heavy atom. The minimum Gasteiger partial charge on any atom is -0.454 e. The van der Waals surface area contributed by atoms with E-state index in [2.05, 4.69) is 13.8 Å². The van der Waals surface area contributed by atoms with Crippen LogP contribution in [0.5, 0.6) is 11.5 Å². The van der Waals surface area contributed by atoms with E-state index in [4.69, 9.17) is 15.2 Å². The molecule has 0 spiro atoms. The molecule has 3 nitrogen and oxygen atoms in total. The largest absolute Gasteiger partial charge is 0.454 e. The van der Waals surface area contributed by atoms with E-state index in [1.165, 1.54) is 0 Å². The van der Waals surface area contributed by atoms with Crippen LogP contribution >= 0.6 is 0 Å². The molecule has 0 aliphatic carbocycles. The third-order valence-corrected chi connectivity index (χ3v) is 3.04. The van der Waals surface area contributed by atoms with Gasteiger partial charge >= 0.3 is 0 Å². The molecule has 3 heteroatoms. The zero-order valence-electron chi connectivity index (χ0n) is 9.19. The minimum atomic E-state index is 0.0200. The van der Waals surface area contributed by atoms with Crippen molar-refractivity contribution in [2.45, 2.75) is 26.3 Å². The molecule has 1 aromatic carbocycles. The molecule has 2 N–H and O–H groups in total. The molecule has 0 saturated carbocycles. The molecule has 1 aromatic rings. The molecule has 1 aliphatic heterocycles. The first kappa shape index (κ1) is 10.3. The number of benzene rings is 1. The molecule has 1 unspecified atom stereocenters. The Hall–Kier alpha value is -1.22. The van der Waals surface area contributed by atoms with E-state index >= 15 is 0 Å². The molecule has 0 fully saturated rings. The van der Waals surface area contributed by atoms with E-state index in [9.17, 15) is 0 Å². The number of hydrogen-bond acceptors (Lipinski definition) is 3. The molecule has 0 saturated heterocycles. The molecule has 1 heterocycles. The third-order valence-electron chi connectivity index (χ3n) is 3.04. The Labute approximate surface area is 90.2 Å². The van der Waals surface area contributed by atoms with Gasteiger partial charge in [-0.1, -0.05) is 32.4 Å². The summed E-state index contributed by atoms with van der Waals surface area (Å²) >= 11 is 0. The Balaban J connectivity index is 2.32. The van der Waals surface area contributed by atoms with Crippen LogP contribution in [0.25, 0.3) is 0 Å². The van der Waals surface area contributed by atoms with E-state index in [1.807, 2.05) is 18.2 Å². The van der Waals surface area contributed by atoms with Crippen molar-refractivity contribution in [2.24, 2.45) is 11.7 Å². The first-order chi connectivity index (χ1) is 7.24. The van der Waals surface area contributed by atoms with E-state index in [0.717, 1.165) is 23.5 Å². The lowest BCUT2D eigenvalue weighted by Crippen LogP contribution is -2.18. The maximum absolute atomic E-state index is 6.19. The van der Waals surface area contributed by atoms with Gasteiger partial charge in [-0.15, -0.1) is 0 Å². The van der Waals surface area contributed by atoms with Gasteiger partial charge in [0.2, 0.25) is 6.79 Å². The van der Waals surface area contributed by atoms with Crippen LogP contribution in [0.3, 0.4) is 0 Å². The highest BCUT2D eigenvalue weighted by molar-refractivity contribution is 5.49. The molecule has 2 rings (SSSR count). The van der Waals surface area contributed by atoms with Crippen LogP contribution in [-0.4, -0.2) is 6.79 Å². The van der Waals surface area contributed by atoms with Gasteiger partial charge in [0.1, 0.15) is 0 Å². The molecule has 0 amide bonds. The van der Waals surface area contributed by atoms with E-state index < -0.39 is 0 Å². The number of rotatable bonds is 3. The number of nitrogens with two attached hydrogens (primary N) is 1. The van der Waals surface area contributed by atoms with Crippen LogP contribution in [0.15, 0.2) is 18.2 Å². The molecule has 0 bridgehead atoms. The van der Waals surface area contributed by atoms with Crippen LogP contribution in [-0.2, 0) is 0 Å². The Kier molecular flexibility index (Phi) is 2.82. The lowest BCUT2D eigenvalue weighted by Gasteiger charge is -2.19. The SMILES string of the molecule is CCC(C)[C@H](N)c1cccc2c1OCO2. The Bertz CT molecular complexity index is 351.